The maximum Gasteiger partial charge on any atom is 0.272 e. The molecule has 6 heteroatoms. The Labute approximate surface area is 146 Å². The summed E-state index contributed by atoms with van der Waals surface area (Å²) in [5.41, 5.74) is 2.50. The maximum absolute atomic E-state index is 13.5. The summed E-state index contributed by atoms with van der Waals surface area (Å²) in [6.45, 7) is 1.88. The highest BCUT2D eigenvalue weighted by Crippen LogP contribution is 2.20. The number of anilines is 1. The molecule has 5 nitrogen and oxygen atoms in total. The molecule has 0 N–H and O–H groups in total. The lowest BCUT2D eigenvalue weighted by Gasteiger charge is -2.30. The van der Waals surface area contributed by atoms with Crippen LogP contribution in [-0.2, 0) is 16.2 Å². The van der Waals surface area contributed by atoms with Gasteiger partial charge in [0.2, 0.25) is 6.10 Å². The summed E-state index contributed by atoms with van der Waals surface area (Å²) in [5, 5.41) is 4.12. The smallest absolute Gasteiger partial charge is 0.272 e. The van der Waals surface area contributed by atoms with E-state index in [2.05, 4.69) is 5.16 Å². The molecule has 1 heterocycles. The number of carbonyl (C=O) groups is 1. The molecule has 0 fully saturated rings. The quantitative estimate of drug-likeness (QED) is 0.859. The first-order valence-corrected chi connectivity index (χ1v) is 8.03. The number of rotatable bonds is 4. The average molecular weight is 341 g/mol. The molecule has 0 aromatic heterocycles. The van der Waals surface area contributed by atoms with Gasteiger partial charge in [-0.1, -0.05) is 17.3 Å². The van der Waals surface area contributed by atoms with Crippen LogP contribution in [0.15, 0.2) is 53.7 Å². The molecule has 0 radical (unpaired) electrons. The lowest BCUT2D eigenvalue weighted by atomic mass is 10.1. The average Bonchev–Trinajstić information content (AvgIpc) is 2.59. The van der Waals surface area contributed by atoms with Gasteiger partial charge in [-0.05, 0) is 48.9 Å². The van der Waals surface area contributed by atoms with Crippen molar-refractivity contribution in [3.8, 4) is 0 Å². The third-order valence-corrected chi connectivity index (χ3v) is 4.04. The molecule has 130 valence electrons. The van der Waals surface area contributed by atoms with E-state index in [1.807, 2.05) is 43.3 Å². The topological polar surface area (TPSA) is 45.1 Å². The van der Waals surface area contributed by atoms with Crippen molar-refractivity contribution in [1.29, 1.82) is 0 Å². The van der Waals surface area contributed by atoms with Crippen LogP contribution in [0.5, 0.6) is 0 Å². The minimum atomic E-state index is -0.668. The molecule has 2 aromatic rings. The van der Waals surface area contributed by atoms with E-state index < -0.39 is 6.10 Å². The van der Waals surface area contributed by atoms with Crippen LogP contribution in [0.3, 0.4) is 0 Å². The molecule has 1 aliphatic rings. The zero-order chi connectivity index (χ0) is 18.0. The molecule has 1 unspecified atom stereocenters. The number of oxime groups is 1. The lowest BCUT2D eigenvalue weighted by molar-refractivity contribution is -0.142. The Balaban J connectivity index is 1.93. The van der Waals surface area contributed by atoms with Gasteiger partial charge in [-0.15, -0.1) is 0 Å². The highest BCUT2D eigenvalue weighted by Gasteiger charge is 2.31. The Kier molecular flexibility index (Phi) is 4.70. The third-order valence-electron chi connectivity index (χ3n) is 4.04. The zero-order valence-corrected chi connectivity index (χ0v) is 14.4. The van der Waals surface area contributed by atoms with Crippen LogP contribution < -0.4 is 4.90 Å². The zero-order valence-electron chi connectivity index (χ0n) is 14.4. The van der Waals surface area contributed by atoms with Crippen LogP contribution in [0.25, 0.3) is 0 Å². The molecule has 2 aromatic carbocycles. The van der Waals surface area contributed by atoms with Gasteiger partial charge in [-0.3, -0.25) is 9.69 Å². The normalized spacial score (nSPS) is 17.1. The van der Waals surface area contributed by atoms with E-state index in [4.69, 9.17) is 4.84 Å². The Bertz CT molecular complexity index is 803. The molecule has 0 aliphatic carbocycles. The monoisotopic (exact) mass is 341 g/mol. The minimum Gasteiger partial charge on any atom is -0.381 e. The van der Waals surface area contributed by atoms with Crippen molar-refractivity contribution in [2.45, 2.75) is 19.6 Å². The highest BCUT2D eigenvalue weighted by atomic mass is 19.1. The number of hydrogen-bond donors (Lipinski definition) is 0. The van der Waals surface area contributed by atoms with Crippen molar-refractivity contribution in [3.63, 3.8) is 0 Å². The second-order valence-corrected chi connectivity index (χ2v) is 6.16. The van der Waals surface area contributed by atoms with Crippen molar-refractivity contribution >= 4 is 17.4 Å². The van der Waals surface area contributed by atoms with E-state index in [-0.39, 0.29) is 18.3 Å². The van der Waals surface area contributed by atoms with E-state index in [9.17, 15) is 9.18 Å². The Morgan fingerprint density at radius 3 is 2.56 bits per heavy atom. The summed E-state index contributed by atoms with van der Waals surface area (Å²) in [5.74, 6) is -0.108. The van der Waals surface area contributed by atoms with Crippen molar-refractivity contribution in [2.24, 2.45) is 5.16 Å². The number of amidine groups is 1. The summed E-state index contributed by atoms with van der Waals surface area (Å²) in [6, 6.07) is 13.9. The van der Waals surface area contributed by atoms with Gasteiger partial charge in [0.1, 0.15) is 5.82 Å². The van der Waals surface area contributed by atoms with Gasteiger partial charge < -0.3 is 9.74 Å². The molecule has 3 rings (SSSR count). The fraction of sp³-hybridized carbons (Fsp3) is 0.263. The van der Waals surface area contributed by atoms with Crippen LogP contribution in [-0.4, -0.2) is 36.8 Å². The Hall–Kier alpha value is -2.89. The summed E-state index contributed by atoms with van der Waals surface area (Å²) in [4.78, 5) is 21.4. The van der Waals surface area contributed by atoms with Crippen molar-refractivity contribution in [1.82, 2.24) is 4.90 Å². The van der Waals surface area contributed by atoms with Crippen LogP contribution in [0, 0.1) is 5.82 Å². The minimum absolute atomic E-state index is 0.203. The lowest BCUT2D eigenvalue weighted by Crippen LogP contribution is -2.46. The second-order valence-electron chi connectivity index (χ2n) is 6.16. The number of nitrogens with zero attached hydrogens (tertiary/aromatic N) is 3. The number of amides is 1. The van der Waals surface area contributed by atoms with Crippen molar-refractivity contribution < 1.29 is 14.0 Å². The van der Waals surface area contributed by atoms with E-state index in [1.165, 1.54) is 17.0 Å². The van der Waals surface area contributed by atoms with Crippen LogP contribution >= 0.6 is 0 Å². The first-order valence-electron chi connectivity index (χ1n) is 8.03. The maximum atomic E-state index is 13.5. The van der Waals surface area contributed by atoms with Gasteiger partial charge >= 0.3 is 0 Å². The summed E-state index contributed by atoms with van der Waals surface area (Å²) < 4.78 is 13.5. The first kappa shape index (κ1) is 17.0. The van der Waals surface area contributed by atoms with Crippen molar-refractivity contribution in [2.75, 3.05) is 19.0 Å². The van der Waals surface area contributed by atoms with Crippen molar-refractivity contribution in [3.05, 3.63) is 65.5 Å². The molecule has 1 atom stereocenters. The predicted octanol–water partition coefficient (Wildman–Crippen LogP) is 3.00. The molecular formula is C19H20FN3O2. The van der Waals surface area contributed by atoms with Gasteiger partial charge in [0.15, 0.2) is 5.84 Å². The third kappa shape index (κ3) is 3.63. The number of halogens is 1. The first-order chi connectivity index (χ1) is 12.0. The fourth-order valence-electron chi connectivity index (χ4n) is 2.64. The Morgan fingerprint density at radius 1 is 1.20 bits per heavy atom. The predicted molar refractivity (Wildman–Crippen MR) is 94.8 cm³/mol. The molecule has 0 saturated heterocycles. The number of hydrogen-bond acceptors (Lipinski definition) is 4. The van der Waals surface area contributed by atoms with Crippen LogP contribution in [0.2, 0.25) is 0 Å². The molecule has 1 aliphatic heterocycles. The Morgan fingerprint density at radius 2 is 1.92 bits per heavy atom. The van der Waals surface area contributed by atoms with E-state index in [0.29, 0.717) is 11.4 Å². The summed E-state index contributed by atoms with van der Waals surface area (Å²) in [7, 11) is 3.91. The van der Waals surface area contributed by atoms with Gasteiger partial charge in [0.05, 0.1) is 6.54 Å². The molecule has 0 spiro atoms. The molecule has 25 heavy (non-hydrogen) atoms. The van der Waals surface area contributed by atoms with E-state index >= 15 is 0 Å². The summed E-state index contributed by atoms with van der Waals surface area (Å²) >= 11 is 0. The second kappa shape index (κ2) is 6.93. The van der Waals surface area contributed by atoms with Gasteiger partial charge in [0.25, 0.3) is 5.91 Å². The largest absolute Gasteiger partial charge is 0.381 e. The van der Waals surface area contributed by atoms with Gasteiger partial charge in [-0.2, -0.15) is 0 Å². The van der Waals surface area contributed by atoms with Gasteiger partial charge in [-0.25, -0.2) is 4.39 Å². The van der Waals surface area contributed by atoms with Crippen LogP contribution in [0.4, 0.5) is 10.1 Å². The molecule has 0 bridgehead atoms. The van der Waals surface area contributed by atoms with Gasteiger partial charge in [0, 0.05) is 25.3 Å². The van der Waals surface area contributed by atoms with E-state index in [0.717, 1.165) is 11.3 Å². The molecular weight excluding hydrogens is 321 g/mol. The molecule has 1 amide bonds. The van der Waals surface area contributed by atoms with E-state index in [1.54, 1.807) is 19.1 Å². The van der Waals surface area contributed by atoms with Crippen LogP contribution in [0.1, 0.15) is 18.1 Å². The molecule has 0 saturated carbocycles. The number of carbonyl (C=O) groups excluding carboxylic acids is 1. The number of benzene rings is 2. The highest BCUT2D eigenvalue weighted by molar-refractivity contribution is 6.09. The SMILES string of the molecule is CC1ON=C(c2ccc(N(C)C)cc2)N(Cc2cccc(F)c2)C1=O. The fourth-order valence-corrected chi connectivity index (χ4v) is 2.64. The summed E-state index contributed by atoms with van der Waals surface area (Å²) in [6.07, 6.45) is -0.668. The standard InChI is InChI=1S/C19H20FN3O2/c1-13-19(24)23(12-14-5-4-6-16(20)11-14)18(21-25-13)15-7-9-17(10-8-15)22(2)3/h4-11,13H,12H2,1-3H3.